The van der Waals surface area contributed by atoms with Gasteiger partial charge in [0, 0.05) is 37.6 Å². The molecule has 1 nitrogen and oxygen atoms in total. The average molecular weight is 856 g/mol. The van der Waals surface area contributed by atoms with Gasteiger partial charge in [0.2, 0.25) is 0 Å². The molecule has 2 heteroatoms. The maximum absolute atomic E-state index is 2.62. The number of hydrogen-bond donors (Lipinski definition) is 0. The lowest BCUT2D eigenvalue weighted by Crippen LogP contribution is -2.26. The van der Waals surface area contributed by atoms with Crippen molar-refractivity contribution in [1.29, 1.82) is 0 Å². The maximum atomic E-state index is 2.62. The van der Waals surface area contributed by atoms with Crippen LogP contribution in [-0.4, -0.2) is 0 Å². The summed E-state index contributed by atoms with van der Waals surface area (Å²) in [7, 11) is 0. The van der Waals surface area contributed by atoms with Gasteiger partial charge in [-0.05, 0) is 144 Å². The summed E-state index contributed by atoms with van der Waals surface area (Å²) in [5.41, 5.74) is 18.6. The quantitative estimate of drug-likeness (QED) is 0.0652. The van der Waals surface area contributed by atoms with E-state index in [1.807, 2.05) is 25.2 Å². The molecule has 6 aromatic rings. The van der Waals surface area contributed by atoms with Crippen LogP contribution in [0, 0.1) is 6.92 Å². The fourth-order valence-electron chi connectivity index (χ4n) is 11.4. The van der Waals surface area contributed by atoms with Crippen molar-refractivity contribution in [3.63, 3.8) is 0 Å². The predicted molar refractivity (Wildman–Crippen MR) is 279 cm³/mol. The zero-order chi connectivity index (χ0) is 44.4. The van der Waals surface area contributed by atoms with E-state index in [1.165, 1.54) is 174 Å². The number of nitrogens with zero attached hydrogens (tertiary/aromatic N) is 1. The van der Waals surface area contributed by atoms with Gasteiger partial charge in [0.1, 0.15) is 0 Å². The van der Waals surface area contributed by atoms with Crippen LogP contribution in [0.2, 0.25) is 0 Å². The van der Waals surface area contributed by atoms with Gasteiger partial charge in [-0.15, -0.1) is 11.3 Å². The largest absolute Gasteiger partial charge is 0.310 e. The Kier molecular flexibility index (Phi) is 15.9. The monoisotopic (exact) mass is 856 g/mol. The van der Waals surface area contributed by atoms with Crippen molar-refractivity contribution in [3.8, 4) is 32.7 Å². The van der Waals surface area contributed by atoms with Crippen molar-refractivity contribution in [3.05, 3.63) is 148 Å². The van der Waals surface area contributed by atoms with Gasteiger partial charge >= 0.3 is 0 Å². The Bertz CT molecular complexity index is 2260. The summed E-state index contributed by atoms with van der Waals surface area (Å²) in [5.74, 6) is 0. The van der Waals surface area contributed by atoms with E-state index >= 15 is 0 Å². The van der Waals surface area contributed by atoms with E-state index in [2.05, 4.69) is 162 Å². The molecule has 0 spiro atoms. The lowest BCUT2D eigenvalue weighted by Gasteiger charge is -2.35. The highest BCUT2D eigenvalue weighted by Gasteiger charge is 2.44. The Hall–Kier alpha value is -4.40. The molecule has 0 radical (unpaired) electrons. The van der Waals surface area contributed by atoms with Crippen molar-refractivity contribution in [1.82, 2.24) is 0 Å². The molecule has 1 aromatic heterocycles. The molecular formula is C61H77NS. The third-order valence-electron chi connectivity index (χ3n) is 14.5. The summed E-state index contributed by atoms with van der Waals surface area (Å²) in [6.45, 7) is 18.0. The van der Waals surface area contributed by atoms with Gasteiger partial charge in [-0.3, -0.25) is 0 Å². The fraction of sp³-hybridized carbons (Fsp3) is 0.443. The van der Waals surface area contributed by atoms with E-state index in [1.54, 1.807) is 11.1 Å². The fourth-order valence-corrected chi connectivity index (χ4v) is 12.4. The minimum absolute atomic E-state index is 0.0308. The van der Waals surface area contributed by atoms with Crippen LogP contribution in [0.15, 0.2) is 115 Å². The minimum atomic E-state index is 0.0308. The second-order valence-corrected chi connectivity index (χ2v) is 19.8. The van der Waals surface area contributed by atoms with Crippen molar-refractivity contribution < 1.29 is 0 Å². The number of anilines is 3. The van der Waals surface area contributed by atoms with Crippen molar-refractivity contribution in [2.45, 2.75) is 175 Å². The lowest BCUT2D eigenvalue weighted by molar-refractivity contribution is 0.414. The molecule has 2 aliphatic rings. The zero-order valence-electron chi connectivity index (χ0n) is 40.3. The van der Waals surface area contributed by atoms with Gasteiger partial charge in [-0.25, -0.2) is 0 Å². The van der Waals surface area contributed by atoms with Crippen LogP contribution in [0.1, 0.15) is 184 Å². The number of rotatable bonds is 21. The van der Waals surface area contributed by atoms with Gasteiger partial charge in [-0.2, -0.15) is 0 Å². The molecule has 63 heavy (non-hydrogen) atoms. The van der Waals surface area contributed by atoms with Crippen LogP contribution in [0.4, 0.5) is 17.1 Å². The first-order valence-electron chi connectivity index (χ1n) is 25.4. The number of fused-ring (bicyclic) bond motifs is 6. The van der Waals surface area contributed by atoms with Crippen LogP contribution in [0.25, 0.3) is 32.7 Å². The second kappa shape index (κ2) is 21.5. The molecule has 0 aliphatic heterocycles. The minimum Gasteiger partial charge on any atom is -0.310 e. The summed E-state index contributed by atoms with van der Waals surface area (Å²) in [6, 6.07) is 45.9. The van der Waals surface area contributed by atoms with E-state index in [0.717, 1.165) is 6.42 Å². The number of hydrogen-bond acceptors (Lipinski definition) is 2. The Morgan fingerprint density at radius 1 is 0.429 bits per heavy atom. The molecule has 1 heterocycles. The standard InChI is InChI=1S/C59H71NS.C2H6/c1-7-12-17-18-23-45-40-43(6)61-57(45)44-28-30-46(31-29-44)60(47-32-34-51-49-24-19-21-26-53(49)58(36-13-8-2,37-14-9-3)55(51)41-47)48-33-35-52-50-25-20-22-27-54(50)59(38-15-10-4,39-16-11-5)56(52)42-48;1-2/h19-22,24-35,40-42H,7-18,23,36-39H2,1-6H3;1-2H3. The van der Waals surface area contributed by atoms with E-state index < -0.39 is 0 Å². The zero-order valence-corrected chi connectivity index (χ0v) is 41.2. The van der Waals surface area contributed by atoms with Gasteiger partial charge in [0.05, 0.1) is 0 Å². The number of thiophene rings is 1. The molecule has 2 aliphatic carbocycles. The lowest BCUT2D eigenvalue weighted by atomic mass is 9.70. The van der Waals surface area contributed by atoms with E-state index in [-0.39, 0.29) is 10.8 Å². The first kappa shape index (κ1) is 46.6. The smallest absolute Gasteiger partial charge is 0.0465 e. The van der Waals surface area contributed by atoms with E-state index in [4.69, 9.17) is 0 Å². The van der Waals surface area contributed by atoms with Crippen LogP contribution >= 0.6 is 11.3 Å². The molecule has 0 saturated heterocycles. The molecule has 5 aromatic carbocycles. The first-order chi connectivity index (χ1) is 30.9. The molecule has 0 fully saturated rings. The Morgan fingerprint density at radius 2 is 0.857 bits per heavy atom. The first-order valence-corrected chi connectivity index (χ1v) is 26.2. The van der Waals surface area contributed by atoms with E-state index in [9.17, 15) is 0 Å². The molecule has 332 valence electrons. The summed E-state index contributed by atoms with van der Waals surface area (Å²) in [5, 5.41) is 0. The number of benzene rings is 5. The van der Waals surface area contributed by atoms with Crippen molar-refractivity contribution in [2.75, 3.05) is 4.90 Å². The molecule has 0 saturated carbocycles. The predicted octanol–water partition coefficient (Wildman–Crippen LogP) is 19.6. The summed E-state index contributed by atoms with van der Waals surface area (Å²) in [6.07, 6.45) is 20.9. The molecule has 8 rings (SSSR count). The Balaban J connectivity index is 0.00000293. The molecule has 0 amide bonds. The van der Waals surface area contributed by atoms with E-state index in [0.29, 0.717) is 0 Å². The molecular weight excluding hydrogens is 779 g/mol. The highest BCUT2D eigenvalue weighted by atomic mass is 32.1. The molecule has 0 atom stereocenters. The molecule has 0 unspecified atom stereocenters. The van der Waals surface area contributed by atoms with Gasteiger partial charge in [-0.1, -0.05) is 192 Å². The van der Waals surface area contributed by atoms with Gasteiger partial charge in [0.25, 0.3) is 0 Å². The Labute approximate surface area is 387 Å². The summed E-state index contributed by atoms with van der Waals surface area (Å²) >= 11 is 1.96. The van der Waals surface area contributed by atoms with Gasteiger partial charge < -0.3 is 4.90 Å². The number of unbranched alkanes of at least 4 members (excludes halogenated alkanes) is 7. The second-order valence-electron chi connectivity index (χ2n) is 18.5. The molecule has 0 bridgehead atoms. The SMILES string of the molecule is CC.CCCCCCc1cc(C)sc1-c1ccc(N(c2ccc3c(c2)C(CCCC)(CCCC)c2ccccc2-3)c2ccc3c(c2)C(CCCC)(CCCC)c2ccccc2-3)cc1. The van der Waals surface area contributed by atoms with Crippen LogP contribution in [-0.2, 0) is 17.3 Å². The van der Waals surface area contributed by atoms with Crippen molar-refractivity contribution in [2.24, 2.45) is 0 Å². The van der Waals surface area contributed by atoms with Crippen LogP contribution in [0.5, 0.6) is 0 Å². The Morgan fingerprint density at radius 3 is 1.32 bits per heavy atom. The normalized spacial score (nSPS) is 13.8. The van der Waals surface area contributed by atoms with Gasteiger partial charge in [0.15, 0.2) is 0 Å². The maximum Gasteiger partial charge on any atom is 0.0465 e. The third kappa shape index (κ3) is 9.14. The average Bonchev–Trinajstić information content (AvgIpc) is 3.93. The molecule has 0 N–H and O–H groups in total. The third-order valence-corrected chi connectivity index (χ3v) is 15.6. The highest BCUT2D eigenvalue weighted by Crippen LogP contribution is 2.58. The van der Waals surface area contributed by atoms with Crippen molar-refractivity contribution >= 4 is 28.4 Å². The van der Waals surface area contributed by atoms with Crippen LogP contribution in [0.3, 0.4) is 0 Å². The highest BCUT2D eigenvalue weighted by molar-refractivity contribution is 7.15. The summed E-state index contributed by atoms with van der Waals surface area (Å²) in [4.78, 5) is 5.47. The topological polar surface area (TPSA) is 3.24 Å². The van der Waals surface area contributed by atoms with Crippen LogP contribution < -0.4 is 4.90 Å². The number of aryl methyl sites for hydroxylation is 2. The summed E-state index contributed by atoms with van der Waals surface area (Å²) < 4.78 is 0.